The van der Waals surface area contributed by atoms with E-state index in [9.17, 15) is 0 Å². The molecule has 1 nitrogen and oxygen atoms in total. The van der Waals surface area contributed by atoms with Gasteiger partial charge in [-0.3, -0.25) is 0 Å². The van der Waals surface area contributed by atoms with Crippen molar-refractivity contribution in [2.24, 2.45) is 5.92 Å². The van der Waals surface area contributed by atoms with Crippen LogP contribution >= 0.6 is 0 Å². The highest BCUT2D eigenvalue weighted by Crippen LogP contribution is 2.10. The number of nitrogens with one attached hydrogen (secondary N) is 1. The molecule has 0 saturated carbocycles. The minimum absolute atomic E-state index is 0.814. The van der Waals surface area contributed by atoms with Crippen molar-refractivity contribution in [2.45, 2.75) is 26.2 Å². The minimum atomic E-state index is 0.814. The molecule has 1 heteroatoms. The smallest absolute Gasteiger partial charge is 0.00142 e. The van der Waals surface area contributed by atoms with Gasteiger partial charge in [-0.1, -0.05) is 19.1 Å². The normalized spacial score (nSPS) is 27.5. The molecule has 1 aliphatic heterocycles. The van der Waals surface area contributed by atoms with Gasteiger partial charge in [-0.25, -0.2) is 0 Å². The van der Waals surface area contributed by atoms with Crippen molar-refractivity contribution in [3.8, 4) is 0 Å². The first-order valence-corrected chi connectivity index (χ1v) is 4.31. The van der Waals surface area contributed by atoms with Gasteiger partial charge >= 0.3 is 0 Å². The van der Waals surface area contributed by atoms with E-state index in [2.05, 4.69) is 24.4 Å². The third-order valence-electron chi connectivity index (χ3n) is 1.98. The van der Waals surface area contributed by atoms with Crippen LogP contribution in [-0.4, -0.2) is 13.1 Å². The molecule has 1 saturated heterocycles. The lowest BCUT2D eigenvalue weighted by atomic mass is 9.99. The van der Waals surface area contributed by atoms with Gasteiger partial charge in [0.15, 0.2) is 0 Å². The monoisotopic (exact) mass is 139 g/mol. The van der Waals surface area contributed by atoms with Crippen molar-refractivity contribution in [3.05, 3.63) is 12.2 Å². The lowest BCUT2D eigenvalue weighted by Crippen LogP contribution is -2.28. The van der Waals surface area contributed by atoms with Crippen molar-refractivity contribution in [2.75, 3.05) is 13.1 Å². The van der Waals surface area contributed by atoms with Crippen LogP contribution in [-0.2, 0) is 0 Å². The predicted molar refractivity (Wildman–Crippen MR) is 45.0 cm³/mol. The summed E-state index contributed by atoms with van der Waals surface area (Å²) in [6.45, 7) is 4.60. The van der Waals surface area contributed by atoms with Gasteiger partial charge < -0.3 is 5.32 Å². The molecule has 1 aliphatic rings. The van der Waals surface area contributed by atoms with E-state index >= 15 is 0 Å². The molecule has 0 aromatic heterocycles. The number of hydrogen-bond donors (Lipinski definition) is 1. The molecule has 1 heterocycles. The Morgan fingerprint density at radius 3 is 3.10 bits per heavy atom. The molecule has 1 atom stereocenters. The van der Waals surface area contributed by atoms with Crippen molar-refractivity contribution in [1.29, 1.82) is 0 Å². The summed E-state index contributed by atoms with van der Waals surface area (Å²) in [6.07, 6.45) is 8.53. The lowest BCUT2D eigenvalue weighted by molar-refractivity contribution is 0.438. The van der Waals surface area contributed by atoms with Crippen LogP contribution in [0.3, 0.4) is 0 Å². The fourth-order valence-electron chi connectivity index (χ4n) is 1.37. The second-order valence-electron chi connectivity index (χ2n) is 2.94. The van der Waals surface area contributed by atoms with Gasteiger partial charge in [-0.05, 0) is 31.7 Å². The first kappa shape index (κ1) is 7.80. The molecule has 58 valence electrons. The second kappa shape index (κ2) is 4.51. The van der Waals surface area contributed by atoms with Gasteiger partial charge in [0.05, 0.1) is 0 Å². The van der Waals surface area contributed by atoms with Crippen LogP contribution < -0.4 is 5.32 Å². The van der Waals surface area contributed by atoms with E-state index in [0.717, 1.165) is 5.92 Å². The number of rotatable bonds is 2. The summed E-state index contributed by atoms with van der Waals surface area (Å²) in [4.78, 5) is 0. The molecule has 0 amide bonds. The summed E-state index contributed by atoms with van der Waals surface area (Å²) in [7, 11) is 0. The second-order valence-corrected chi connectivity index (χ2v) is 2.94. The number of hydrogen-bond acceptors (Lipinski definition) is 1. The van der Waals surface area contributed by atoms with Gasteiger partial charge in [0.2, 0.25) is 0 Å². The zero-order valence-corrected chi connectivity index (χ0v) is 6.77. The maximum Gasteiger partial charge on any atom is 0.00142 e. The molecular formula is C9H17N. The van der Waals surface area contributed by atoms with E-state index < -0.39 is 0 Å². The van der Waals surface area contributed by atoms with Crippen LogP contribution in [0.25, 0.3) is 0 Å². The molecule has 0 aromatic carbocycles. The zero-order chi connectivity index (χ0) is 7.23. The van der Waals surface area contributed by atoms with Crippen molar-refractivity contribution < 1.29 is 0 Å². The molecule has 0 bridgehead atoms. The van der Waals surface area contributed by atoms with Crippen LogP contribution in [0, 0.1) is 5.92 Å². The maximum absolute atomic E-state index is 3.39. The third-order valence-corrected chi connectivity index (χ3v) is 1.98. The predicted octanol–water partition coefficient (Wildman–Crippen LogP) is 1.95. The highest BCUT2D eigenvalue weighted by molar-refractivity contribution is 4.90. The Bertz CT molecular complexity index is 101. The Kier molecular flexibility index (Phi) is 3.52. The van der Waals surface area contributed by atoms with Gasteiger partial charge in [0.1, 0.15) is 0 Å². The summed E-state index contributed by atoms with van der Waals surface area (Å²) in [5, 5.41) is 3.39. The van der Waals surface area contributed by atoms with Crippen LogP contribution in [0.4, 0.5) is 0 Å². The van der Waals surface area contributed by atoms with Crippen LogP contribution in [0.2, 0.25) is 0 Å². The van der Waals surface area contributed by atoms with Crippen molar-refractivity contribution in [1.82, 2.24) is 5.32 Å². The van der Waals surface area contributed by atoms with E-state index in [1.54, 1.807) is 0 Å². The largest absolute Gasteiger partial charge is 0.316 e. The summed E-state index contributed by atoms with van der Waals surface area (Å²) >= 11 is 0. The first-order valence-electron chi connectivity index (χ1n) is 4.31. The SMILES string of the molecule is CC/C=C/C1CCCNC1. The molecule has 0 aromatic rings. The van der Waals surface area contributed by atoms with E-state index in [0.29, 0.717) is 0 Å². The molecule has 0 radical (unpaired) electrons. The molecule has 1 N–H and O–H groups in total. The fourth-order valence-corrected chi connectivity index (χ4v) is 1.37. The van der Waals surface area contributed by atoms with E-state index in [-0.39, 0.29) is 0 Å². The Hall–Kier alpha value is -0.300. The summed E-state index contributed by atoms with van der Waals surface area (Å²) < 4.78 is 0. The number of allylic oxidation sites excluding steroid dienone is 1. The average molecular weight is 139 g/mol. The summed E-state index contributed by atoms with van der Waals surface area (Å²) in [5.41, 5.74) is 0. The Morgan fingerprint density at radius 1 is 1.60 bits per heavy atom. The highest BCUT2D eigenvalue weighted by Gasteiger charge is 2.07. The molecule has 1 rings (SSSR count). The van der Waals surface area contributed by atoms with Crippen molar-refractivity contribution in [3.63, 3.8) is 0 Å². The third kappa shape index (κ3) is 2.53. The quantitative estimate of drug-likeness (QED) is 0.577. The van der Waals surface area contributed by atoms with Gasteiger partial charge in [0, 0.05) is 6.54 Å². The van der Waals surface area contributed by atoms with Crippen LogP contribution in [0.15, 0.2) is 12.2 Å². The zero-order valence-electron chi connectivity index (χ0n) is 6.77. The van der Waals surface area contributed by atoms with Gasteiger partial charge in [-0.2, -0.15) is 0 Å². The topological polar surface area (TPSA) is 12.0 Å². The van der Waals surface area contributed by atoms with Crippen LogP contribution in [0.5, 0.6) is 0 Å². The summed E-state index contributed by atoms with van der Waals surface area (Å²) in [5.74, 6) is 0.814. The Labute approximate surface area is 63.5 Å². The van der Waals surface area contributed by atoms with Gasteiger partial charge in [-0.15, -0.1) is 0 Å². The minimum Gasteiger partial charge on any atom is -0.316 e. The van der Waals surface area contributed by atoms with Gasteiger partial charge in [0.25, 0.3) is 0 Å². The molecule has 1 unspecified atom stereocenters. The van der Waals surface area contributed by atoms with E-state index in [1.807, 2.05) is 0 Å². The maximum atomic E-state index is 3.39. The van der Waals surface area contributed by atoms with Crippen molar-refractivity contribution >= 4 is 0 Å². The summed E-state index contributed by atoms with van der Waals surface area (Å²) in [6, 6.07) is 0. The number of piperidine rings is 1. The fraction of sp³-hybridized carbons (Fsp3) is 0.778. The molecule has 10 heavy (non-hydrogen) atoms. The van der Waals surface area contributed by atoms with E-state index in [4.69, 9.17) is 0 Å². The average Bonchev–Trinajstić information content (AvgIpc) is 2.03. The molecule has 0 spiro atoms. The molecular weight excluding hydrogens is 122 g/mol. The first-order chi connectivity index (χ1) is 4.93. The standard InChI is InChI=1S/C9H17N/c1-2-3-5-9-6-4-7-10-8-9/h3,5,9-10H,2,4,6-8H2,1H3/b5-3+. The highest BCUT2D eigenvalue weighted by atomic mass is 14.9. The Morgan fingerprint density at radius 2 is 2.50 bits per heavy atom. The lowest BCUT2D eigenvalue weighted by Gasteiger charge is -2.19. The molecule has 0 aliphatic carbocycles. The van der Waals surface area contributed by atoms with Crippen LogP contribution in [0.1, 0.15) is 26.2 Å². The van der Waals surface area contributed by atoms with E-state index in [1.165, 1.54) is 32.4 Å². The molecule has 1 fully saturated rings. The Balaban J connectivity index is 2.19.